The molecule has 2 heteroatoms. The second kappa shape index (κ2) is 3.83. The van der Waals surface area contributed by atoms with Crippen molar-refractivity contribution < 1.29 is 4.79 Å². The highest BCUT2D eigenvalue weighted by Crippen LogP contribution is 2.06. The summed E-state index contributed by atoms with van der Waals surface area (Å²) in [6.07, 6.45) is 4.27. The van der Waals surface area contributed by atoms with Gasteiger partial charge in [-0.1, -0.05) is 30.3 Å². The molecule has 0 unspecified atom stereocenters. The lowest BCUT2D eigenvalue weighted by molar-refractivity contribution is 0.103. The lowest BCUT2D eigenvalue weighted by atomic mass is 10.1. The SMILES string of the molecule is O=C(c1[c]nccc1)c1ccccc1. The van der Waals surface area contributed by atoms with Gasteiger partial charge in [0.25, 0.3) is 0 Å². The van der Waals surface area contributed by atoms with Gasteiger partial charge in [-0.05, 0) is 12.1 Å². The Morgan fingerprint density at radius 2 is 1.86 bits per heavy atom. The van der Waals surface area contributed by atoms with Gasteiger partial charge in [0.05, 0.1) is 5.56 Å². The molecule has 2 nitrogen and oxygen atoms in total. The van der Waals surface area contributed by atoms with Crippen molar-refractivity contribution in [1.82, 2.24) is 4.98 Å². The predicted octanol–water partition coefficient (Wildman–Crippen LogP) is 2.11. The van der Waals surface area contributed by atoms with E-state index in [1.807, 2.05) is 18.2 Å². The van der Waals surface area contributed by atoms with Crippen molar-refractivity contribution in [3.05, 3.63) is 66.0 Å². The zero-order valence-corrected chi connectivity index (χ0v) is 7.47. The summed E-state index contributed by atoms with van der Waals surface area (Å²) in [5, 5.41) is 0. The summed E-state index contributed by atoms with van der Waals surface area (Å²) in [6, 6.07) is 12.6. The quantitative estimate of drug-likeness (QED) is 0.666. The van der Waals surface area contributed by atoms with E-state index in [4.69, 9.17) is 0 Å². The molecule has 67 valence electrons. The zero-order valence-electron chi connectivity index (χ0n) is 7.47. The second-order valence-electron chi connectivity index (χ2n) is 2.86. The molecular formula is C12H8NO. The number of carbonyl (C=O) groups excluding carboxylic acids is 1. The molecule has 0 saturated heterocycles. The maximum absolute atomic E-state index is 11.8. The van der Waals surface area contributed by atoms with Crippen LogP contribution < -0.4 is 0 Å². The third kappa shape index (κ3) is 1.69. The van der Waals surface area contributed by atoms with Crippen LogP contribution in [0.1, 0.15) is 15.9 Å². The Bertz CT molecular complexity index is 381. The smallest absolute Gasteiger partial charge is 0.195 e. The van der Waals surface area contributed by atoms with Gasteiger partial charge in [0.15, 0.2) is 5.78 Å². The summed E-state index contributed by atoms with van der Waals surface area (Å²) in [6.45, 7) is 0. The van der Waals surface area contributed by atoms with E-state index < -0.39 is 0 Å². The Kier molecular flexibility index (Phi) is 2.36. The molecule has 0 spiro atoms. The third-order valence-corrected chi connectivity index (χ3v) is 1.89. The summed E-state index contributed by atoms with van der Waals surface area (Å²) >= 11 is 0. The number of rotatable bonds is 2. The molecule has 0 aliphatic heterocycles. The molecule has 1 aromatic carbocycles. The minimum Gasteiger partial charge on any atom is -0.289 e. The molecule has 0 aliphatic rings. The molecule has 2 aromatic rings. The molecule has 0 saturated carbocycles. The summed E-state index contributed by atoms with van der Waals surface area (Å²) in [4.78, 5) is 15.6. The van der Waals surface area contributed by atoms with E-state index in [0.29, 0.717) is 11.1 Å². The molecular weight excluding hydrogens is 174 g/mol. The fourth-order valence-corrected chi connectivity index (χ4v) is 1.20. The van der Waals surface area contributed by atoms with Crippen LogP contribution in [0.5, 0.6) is 0 Å². The minimum atomic E-state index is -0.0429. The van der Waals surface area contributed by atoms with E-state index in [1.165, 1.54) is 0 Å². The van der Waals surface area contributed by atoms with Crippen molar-refractivity contribution in [2.75, 3.05) is 0 Å². The zero-order chi connectivity index (χ0) is 9.80. The third-order valence-electron chi connectivity index (χ3n) is 1.89. The Morgan fingerprint density at radius 1 is 1.07 bits per heavy atom. The fourth-order valence-electron chi connectivity index (χ4n) is 1.20. The largest absolute Gasteiger partial charge is 0.289 e. The van der Waals surface area contributed by atoms with E-state index in [-0.39, 0.29) is 5.78 Å². The van der Waals surface area contributed by atoms with E-state index in [1.54, 1.807) is 30.5 Å². The van der Waals surface area contributed by atoms with Crippen LogP contribution in [0.15, 0.2) is 48.7 Å². The molecule has 2 rings (SSSR count). The Labute approximate surface area is 82.2 Å². The molecule has 0 N–H and O–H groups in total. The van der Waals surface area contributed by atoms with Gasteiger partial charge < -0.3 is 0 Å². The van der Waals surface area contributed by atoms with Gasteiger partial charge in [-0.15, -0.1) is 0 Å². The standard InChI is InChI=1S/C12H8NO/c14-12(10-5-2-1-3-6-10)11-7-4-8-13-9-11/h1-8H. The molecule has 0 amide bonds. The number of hydrogen-bond donors (Lipinski definition) is 0. The highest BCUT2D eigenvalue weighted by atomic mass is 16.1. The van der Waals surface area contributed by atoms with E-state index in [0.717, 1.165) is 0 Å². The van der Waals surface area contributed by atoms with E-state index >= 15 is 0 Å². The first kappa shape index (κ1) is 8.63. The van der Waals surface area contributed by atoms with Gasteiger partial charge >= 0.3 is 0 Å². The van der Waals surface area contributed by atoms with Crippen LogP contribution in [0.4, 0.5) is 0 Å². The number of aromatic nitrogens is 1. The first-order valence-corrected chi connectivity index (χ1v) is 4.30. The van der Waals surface area contributed by atoms with Crippen molar-refractivity contribution in [1.29, 1.82) is 0 Å². The summed E-state index contributed by atoms with van der Waals surface area (Å²) in [7, 11) is 0. The molecule has 1 heterocycles. The first-order valence-electron chi connectivity index (χ1n) is 4.30. The van der Waals surface area contributed by atoms with Crippen LogP contribution >= 0.6 is 0 Å². The van der Waals surface area contributed by atoms with Gasteiger partial charge in [-0.25, -0.2) is 0 Å². The predicted molar refractivity (Wildman–Crippen MR) is 52.9 cm³/mol. The number of nitrogens with zero attached hydrogens (tertiary/aromatic N) is 1. The molecule has 0 fully saturated rings. The van der Waals surface area contributed by atoms with Crippen LogP contribution in [-0.4, -0.2) is 10.8 Å². The van der Waals surface area contributed by atoms with Gasteiger partial charge in [-0.2, -0.15) is 0 Å². The topological polar surface area (TPSA) is 30.0 Å². The summed E-state index contributed by atoms with van der Waals surface area (Å²) in [5.41, 5.74) is 1.16. The fraction of sp³-hybridized carbons (Fsp3) is 0. The monoisotopic (exact) mass is 182 g/mol. The lowest BCUT2D eigenvalue weighted by Crippen LogP contribution is -2.01. The van der Waals surface area contributed by atoms with Crippen molar-refractivity contribution in [3.8, 4) is 0 Å². The lowest BCUT2D eigenvalue weighted by Gasteiger charge is -1.98. The number of hydrogen-bond acceptors (Lipinski definition) is 2. The van der Waals surface area contributed by atoms with Crippen LogP contribution in [-0.2, 0) is 0 Å². The Hall–Kier alpha value is -1.96. The number of pyridine rings is 1. The average molecular weight is 182 g/mol. The van der Waals surface area contributed by atoms with Crippen molar-refractivity contribution in [3.63, 3.8) is 0 Å². The van der Waals surface area contributed by atoms with Crippen LogP contribution in [0.3, 0.4) is 0 Å². The summed E-state index contributed by atoms with van der Waals surface area (Å²) < 4.78 is 0. The van der Waals surface area contributed by atoms with Crippen LogP contribution in [0, 0.1) is 6.20 Å². The maximum atomic E-state index is 11.8. The highest BCUT2D eigenvalue weighted by molar-refractivity contribution is 6.08. The molecule has 14 heavy (non-hydrogen) atoms. The van der Waals surface area contributed by atoms with Crippen molar-refractivity contribution >= 4 is 5.78 Å². The normalized spacial score (nSPS) is 9.71. The minimum absolute atomic E-state index is 0.0429. The average Bonchev–Trinajstić information content (AvgIpc) is 2.30. The summed E-state index contributed by atoms with van der Waals surface area (Å²) in [5.74, 6) is -0.0429. The maximum Gasteiger partial charge on any atom is 0.195 e. The molecule has 0 bridgehead atoms. The van der Waals surface area contributed by atoms with Crippen molar-refractivity contribution in [2.24, 2.45) is 0 Å². The molecule has 1 radical (unpaired) electrons. The molecule has 0 atom stereocenters. The van der Waals surface area contributed by atoms with Crippen LogP contribution in [0.25, 0.3) is 0 Å². The highest BCUT2D eigenvalue weighted by Gasteiger charge is 2.07. The Morgan fingerprint density at radius 3 is 2.50 bits per heavy atom. The van der Waals surface area contributed by atoms with Crippen LogP contribution in [0.2, 0.25) is 0 Å². The molecule has 1 aromatic heterocycles. The number of ketones is 1. The van der Waals surface area contributed by atoms with Gasteiger partial charge in [-0.3, -0.25) is 9.78 Å². The first-order chi connectivity index (χ1) is 6.88. The van der Waals surface area contributed by atoms with E-state index in [9.17, 15) is 4.79 Å². The van der Waals surface area contributed by atoms with Gasteiger partial charge in [0.1, 0.15) is 6.20 Å². The van der Waals surface area contributed by atoms with Gasteiger partial charge in [0.2, 0.25) is 0 Å². The van der Waals surface area contributed by atoms with Gasteiger partial charge in [0, 0.05) is 11.8 Å². The number of carbonyl (C=O) groups is 1. The Balaban J connectivity index is 2.35. The molecule has 0 aliphatic carbocycles. The van der Waals surface area contributed by atoms with Crippen molar-refractivity contribution in [2.45, 2.75) is 0 Å². The number of benzene rings is 1. The second-order valence-corrected chi connectivity index (χ2v) is 2.86. The van der Waals surface area contributed by atoms with E-state index in [2.05, 4.69) is 11.2 Å².